The molecule has 0 saturated carbocycles. The second-order valence-corrected chi connectivity index (χ2v) is 7.14. The van der Waals surface area contributed by atoms with Crippen molar-refractivity contribution in [3.05, 3.63) is 83.4 Å². The minimum atomic E-state index is 0.0897. The van der Waals surface area contributed by atoms with Gasteiger partial charge in [0, 0.05) is 43.1 Å². The first-order chi connectivity index (χ1) is 12.6. The van der Waals surface area contributed by atoms with E-state index in [1.807, 2.05) is 12.4 Å². The van der Waals surface area contributed by atoms with E-state index in [2.05, 4.69) is 82.3 Å². The van der Waals surface area contributed by atoms with Gasteiger partial charge < -0.3 is 14.8 Å². The predicted octanol–water partition coefficient (Wildman–Crippen LogP) is 4.30. The highest BCUT2D eigenvalue weighted by atomic mass is 32.1. The van der Waals surface area contributed by atoms with Crippen LogP contribution in [0.15, 0.2) is 61.1 Å². The van der Waals surface area contributed by atoms with Crippen LogP contribution >= 0.6 is 12.2 Å². The van der Waals surface area contributed by atoms with Gasteiger partial charge >= 0.3 is 0 Å². The lowest BCUT2D eigenvalue weighted by atomic mass is 10.0. The molecular weight excluding hydrogens is 340 g/mol. The van der Waals surface area contributed by atoms with Crippen LogP contribution in [-0.4, -0.2) is 26.1 Å². The number of nitrogens with zero attached hydrogens (tertiary/aromatic N) is 3. The minimum Gasteiger partial charge on any atom is -0.348 e. The van der Waals surface area contributed by atoms with Crippen LogP contribution < -0.4 is 5.32 Å². The standard InChI is InChI=1S/C21H22N4S/c1-15-5-6-16(2)18(14-15)23-21(26)25-13-12-24-11-3-4-19(24)20(25)17-7-9-22-10-8-17/h3-11,14,20H,12-13H2,1-2H3,(H,23,26). The molecule has 1 aliphatic rings. The average Bonchev–Trinajstić information content (AvgIpc) is 3.13. The third kappa shape index (κ3) is 3.10. The second-order valence-electron chi connectivity index (χ2n) is 6.75. The van der Waals surface area contributed by atoms with Crippen molar-refractivity contribution in [2.75, 3.05) is 11.9 Å². The van der Waals surface area contributed by atoms with Crippen LogP contribution in [0.25, 0.3) is 0 Å². The number of hydrogen-bond acceptors (Lipinski definition) is 2. The topological polar surface area (TPSA) is 33.1 Å². The van der Waals surface area contributed by atoms with Crippen molar-refractivity contribution >= 4 is 23.0 Å². The largest absolute Gasteiger partial charge is 0.348 e. The molecule has 1 unspecified atom stereocenters. The molecule has 1 atom stereocenters. The third-order valence-corrected chi connectivity index (χ3v) is 5.29. The number of pyridine rings is 1. The Morgan fingerprint density at radius 1 is 1.12 bits per heavy atom. The van der Waals surface area contributed by atoms with Crippen molar-refractivity contribution < 1.29 is 0 Å². The molecule has 5 heteroatoms. The Morgan fingerprint density at radius 2 is 1.92 bits per heavy atom. The van der Waals surface area contributed by atoms with E-state index in [4.69, 9.17) is 12.2 Å². The summed E-state index contributed by atoms with van der Waals surface area (Å²) in [6.45, 7) is 6.00. The van der Waals surface area contributed by atoms with Crippen molar-refractivity contribution in [1.82, 2.24) is 14.5 Å². The first-order valence-corrected chi connectivity index (χ1v) is 9.24. The molecule has 26 heavy (non-hydrogen) atoms. The Kier molecular flexibility index (Phi) is 4.47. The van der Waals surface area contributed by atoms with Crippen LogP contribution in [0.5, 0.6) is 0 Å². The van der Waals surface area contributed by atoms with Gasteiger partial charge in [-0.1, -0.05) is 12.1 Å². The van der Waals surface area contributed by atoms with Gasteiger partial charge in [-0.25, -0.2) is 0 Å². The van der Waals surface area contributed by atoms with Crippen molar-refractivity contribution in [2.24, 2.45) is 0 Å². The Labute approximate surface area is 159 Å². The van der Waals surface area contributed by atoms with E-state index in [-0.39, 0.29) is 6.04 Å². The van der Waals surface area contributed by atoms with E-state index >= 15 is 0 Å². The molecule has 0 aliphatic carbocycles. The number of rotatable bonds is 2. The summed E-state index contributed by atoms with van der Waals surface area (Å²) in [6, 6.07) is 14.9. The van der Waals surface area contributed by atoms with E-state index in [0.717, 1.165) is 23.9 Å². The Hall–Kier alpha value is -2.66. The van der Waals surface area contributed by atoms with Gasteiger partial charge in [0.05, 0.1) is 6.04 Å². The quantitative estimate of drug-likeness (QED) is 0.689. The molecule has 0 bridgehead atoms. The van der Waals surface area contributed by atoms with Gasteiger partial charge in [-0.15, -0.1) is 0 Å². The maximum absolute atomic E-state index is 5.83. The zero-order chi connectivity index (χ0) is 18.1. The van der Waals surface area contributed by atoms with Gasteiger partial charge in [-0.3, -0.25) is 4.98 Å². The number of fused-ring (bicyclic) bond motifs is 1. The highest BCUT2D eigenvalue weighted by Gasteiger charge is 2.30. The number of aryl methyl sites for hydroxylation is 2. The summed E-state index contributed by atoms with van der Waals surface area (Å²) in [5, 5.41) is 4.23. The van der Waals surface area contributed by atoms with Gasteiger partial charge in [0.25, 0.3) is 0 Å². The van der Waals surface area contributed by atoms with Crippen LogP contribution in [0.1, 0.15) is 28.4 Å². The fourth-order valence-electron chi connectivity index (χ4n) is 3.56. The number of hydrogen-bond donors (Lipinski definition) is 1. The van der Waals surface area contributed by atoms with E-state index in [1.54, 1.807) is 0 Å². The molecule has 4 rings (SSSR count). The Bertz CT molecular complexity index is 932. The maximum atomic E-state index is 5.83. The molecule has 1 N–H and O–H groups in total. The molecule has 0 radical (unpaired) electrons. The number of benzene rings is 1. The summed E-state index contributed by atoms with van der Waals surface area (Å²) < 4.78 is 2.31. The molecule has 2 aromatic heterocycles. The molecular formula is C21H22N4S. The van der Waals surface area contributed by atoms with Gasteiger partial charge in [-0.2, -0.15) is 0 Å². The fraction of sp³-hybridized carbons (Fsp3) is 0.238. The molecule has 1 aliphatic heterocycles. The summed E-state index contributed by atoms with van der Waals surface area (Å²) in [7, 11) is 0. The molecule has 3 aromatic rings. The lowest BCUT2D eigenvalue weighted by Gasteiger charge is -2.39. The SMILES string of the molecule is Cc1ccc(C)c(NC(=S)N2CCn3cccc3C2c2ccncc2)c1. The maximum Gasteiger partial charge on any atom is 0.174 e. The van der Waals surface area contributed by atoms with E-state index in [0.29, 0.717) is 0 Å². The molecule has 1 aromatic carbocycles. The summed E-state index contributed by atoms with van der Waals surface area (Å²) >= 11 is 5.83. The minimum absolute atomic E-state index is 0.0897. The molecule has 4 nitrogen and oxygen atoms in total. The first-order valence-electron chi connectivity index (χ1n) is 8.83. The van der Waals surface area contributed by atoms with Gasteiger partial charge in [0.15, 0.2) is 5.11 Å². The lowest BCUT2D eigenvalue weighted by Crippen LogP contribution is -2.44. The van der Waals surface area contributed by atoms with Crippen LogP contribution in [0.2, 0.25) is 0 Å². The van der Waals surface area contributed by atoms with Crippen LogP contribution in [0.3, 0.4) is 0 Å². The fourth-order valence-corrected chi connectivity index (χ4v) is 3.86. The smallest absolute Gasteiger partial charge is 0.174 e. The highest BCUT2D eigenvalue weighted by Crippen LogP contribution is 2.33. The average molecular weight is 363 g/mol. The van der Waals surface area contributed by atoms with E-state index in [1.165, 1.54) is 22.4 Å². The van der Waals surface area contributed by atoms with E-state index < -0.39 is 0 Å². The number of anilines is 1. The normalized spacial score (nSPS) is 16.2. The molecule has 0 amide bonds. The Balaban J connectivity index is 1.68. The third-order valence-electron chi connectivity index (χ3n) is 4.96. The number of thiocarbonyl (C=S) groups is 1. The van der Waals surface area contributed by atoms with Gasteiger partial charge in [-0.05, 0) is 73.1 Å². The van der Waals surface area contributed by atoms with Crippen molar-refractivity contribution in [3.8, 4) is 0 Å². The summed E-state index contributed by atoms with van der Waals surface area (Å²) in [4.78, 5) is 6.45. The summed E-state index contributed by atoms with van der Waals surface area (Å²) in [5.74, 6) is 0. The second kappa shape index (κ2) is 6.92. The highest BCUT2D eigenvalue weighted by molar-refractivity contribution is 7.80. The van der Waals surface area contributed by atoms with Gasteiger partial charge in [0.2, 0.25) is 0 Å². The van der Waals surface area contributed by atoms with Gasteiger partial charge in [0.1, 0.15) is 0 Å². The molecule has 0 spiro atoms. The van der Waals surface area contributed by atoms with Crippen LogP contribution in [0.4, 0.5) is 5.69 Å². The van der Waals surface area contributed by atoms with Crippen LogP contribution in [-0.2, 0) is 6.54 Å². The molecule has 132 valence electrons. The van der Waals surface area contributed by atoms with Crippen molar-refractivity contribution in [3.63, 3.8) is 0 Å². The van der Waals surface area contributed by atoms with E-state index in [9.17, 15) is 0 Å². The first kappa shape index (κ1) is 16.8. The summed E-state index contributed by atoms with van der Waals surface area (Å²) in [5.41, 5.74) is 5.94. The Morgan fingerprint density at radius 3 is 2.73 bits per heavy atom. The number of aromatic nitrogens is 2. The van der Waals surface area contributed by atoms with Crippen molar-refractivity contribution in [1.29, 1.82) is 0 Å². The zero-order valence-corrected chi connectivity index (χ0v) is 15.8. The zero-order valence-electron chi connectivity index (χ0n) is 15.0. The molecule has 3 heterocycles. The summed E-state index contributed by atoms with van der Waals surface area (Å²) in [6.07, 6.45) is 5.83. The molecule has 0 saturated heterocycles. The van der Waals surface area contributed by atoms with Crippen molar-refractivity contribution in [2.45, 2.75) is 26.4 Å². The predicted molar refractivity (Wildman–Crippen MR) is 109 cm³/mol. The monoisotopic (exact) mass is 362 g/mol. The lowest BCUT2D eigenvalue weighted by molar-refractivity contribution is 0.293. The number of nitrogens with one attached hydrogen (secondary N) is 1. The van der Waals surface area contributed by atoms with Crippen LogP contribution in [0, 0.1) is 13.8 Å². The molecule has 0 fully saturated rings.